The molecule has 1 rings (SSSR count). The molecule has 0 aromatic heterocycles. The minimum Gasteiger partial charge on any atom is -0.371 e. The molecule has 1 unspecified atom stereocenters. The molecule has 0 saturated carbocycles. The fourth-order valence-electron chi connectivity index (χ4n) is 1.96. The Morgan fingerprint density at radius 2 is 2.13 bits per heavy atom. The summed E-state index contributed by atoms with van der Waals surface area (Å²) in [4.78, 5) is 2.50. The molecule has 0 bridgehead atoms. The predicted octanol–water partition coefficient (Wildman–Crippen LogP) is 3.98. The summed E-state index contributed by atoms with van der Waals surface area (Å²) in [5.41, 5.74) is 3.12. The third-order valence-electron chi connectivity index (χ3n) is 3.45. The van der Waals surface area contributed by atoms with Crippen LogP contribution < -0.4 is 0 Å². The van der Waals surface area contributed by atoms with Gasteiger partial charge >= 0.3 is 0 Å². The first-order valence-corrected chi connectivity index (χ1v) is 6.29. The summed E-state index contributed by atoms with van der Waals surface area (Å²) >= 11 is 0. The van der Waals surface area contributed by atoms with Crippen LogP contribution in [-0.2, 0) is 0 Å². The molecule has 86 valence electrons. The topological polar surface area (TPSA) is 3.24 Å². The summed E-state index contributed by atoms with van der Waals surface area (Å²) in [6.45, 7) is 11.3. The van der Waals surface area contributed by atoms with E-state index in [-0.39, 0.29) is 0 Å². The zero-order valence-corrected chi connectivity index (χ0v) is 10.7. The number of rotatable bonds is 4. The van der Waals surface area contributed by atoms with Crippen molar-refractivity contribution in [1.82, 2.24) is 4.90 Å². The number of hydrogen-bond donors (Lipinski definition) is 0. The number of allylic oxidation sites excluding steroid dienone is 3. The first-order chi connectivity index (χ1) is 7.21. The van der Waals surface area contributed by atoms with Crippen molar-refractivity contribution in [3.8, 4) is 0 Å². The van der Waals surface area contributed by atoms with E-state index >= 15 is 0 Å². The van der Waals surface area contributed by atoms with E-state index in [9.17, 15) is 0 Å². The van der Waals surface area contributed by atoms with Crippen molar-refractivity contribution in [3.63, 3.8) is 0 Å². The van der Waals surface area contributed by atoms with Crippen LogP contribution in [0.4, 0.5) is 0 Å². The van der Waals surface area contributed by atoms with Gasteiger partial charge in [0, 0.05) is 25.2 Å². The van der Waals surface area contributed by atoms with Crippen LogP contribution in [-0.4, -0.2) is 18.0 Å². The maximum atomic E-state index is 2.50. The lowest BCUT2D eigenvalue weighted by atomic mass is 10.0. The lowest BCUT2D eigenvalue weighted by Crippen LogP contribution is -2.17. The van der Waals surface area contributed by atoms with Crippen LogP contribution in [0.1, 0.15) is 47.0 Å². The van der Waals surface area contributed by atoms with Gasteiger partial charge < -0.3 is 4.90 Å². The maximum Gasteiger partial charge on any atom is 0.0389 e. The van der Waals surface area contributed by atoms with Crippen LogP contribution in [0.15, 0.2) is 23.4 Å². The van der Waals surface area contributed by atoms with Gasteiger partial charge in [0.25, 0.3) is 0 Å². The zero-order valence-electron chi connectivity index (χ0n) is 10.7. The van der Waals surface area contributed by atoms with Crippen molar-refractivity contribution in [2.75, 3.05) is 13.1 Å². The summed E-state index contributed by atoms with van der Waals surface area (Å²) in [5, 5.41) is 0. The van der Waals surface area contributed by atoms with Gasteiger partial charge in [-0.1, -0.05) is 32.4 Å². The quantitative estimate of drug-likeness (QED) is 0.630. The average molecular weight is 207 g/mol. The Labute approximate surface area is 94.9 Å². The zero-order chi connectivity index (χ0) is 11.3. The maximum absolute atomic E-state index is 2.50. The van der Waals surface area contributed by atoms with Gasteiger partial charge in [-0.25, -0.2) is 0 Å². The van der Waals surface area contributed by atoms with Gasteiger partial charge in [0.2, 0.25) is 0 Å². The van der Waals surface area contributed by atoms with E-state index in [4.69, 9.17) is 0 Å². The van der Waals surface area contributed by atoms with E-state index in [1.807, 2.05) is 0 Å². The van der Waals surface area contributed by atoms with Gasteiger partial charge in [-0.15, -0.1) is 0 Å². The van der Waals surface area contributed by atoms with Gasteiger partial charge in [0.15, 0.2) is 0 Å². The van der Waals surface area contributed by atoms with Crippen LogP contribution in [0.25, 0.3) is 0 Å². The first kappa shape index (κ1) is 12.4. The van der Waals surface area contributed by atoms with Gasteiger partial charge in [0.05, 0.1) is 0 Å². The highest BCUT2D eigenvalue weighted by Crippen LogP contribution is 2.26. The Balaban J connectivity index is 2.59. The fraction of sp³-hybridized carbons (Fsp3) is 0.714. The van der Waals surface area contributed by atoms with Crippen molar-refractivity contribution in [2.24, 2.45) is 5.92 Å². The van der Waals surface area contributed by atoms with E-state index in [0.29, 0.717) is 0 Å². The molecule has 1 aliphatic heterocycles. The molecule has 1 aliphatic rings. The molecule has 15 heavy (non-hydrogen) atoms. The highest BCUT2D eigenvalue weighted by atomic mass is 15.1. The minimum atomic E-state index is 0.825. The Morgan fingerprint density at radius 1 is 1.40 bits per heavy atom. The predicted molar refractivity (Wildman–Crippen MR) is 67.8 cm³/mol. The van der Waals surface area contributed by atoms with Gasteiger partial charge in [-0.05, 0) is 31.8 Å². The van der Waals surface area contributed by atoms with E-state index in [1.54, 1.807) is 11.3 Å². The lowest BCUT2D eigenvalue weighted by Gasteiger charge is -2.17. The van der Waals surface area contributed by atoms with Crippen LogP contribution in [0.5, 0.6) is 0 Å². The Bertz CT molecular complexity index is 250. The van der Waals surface area contributed by atoms with Crippen LogP contribution >= 0.6 is 0 Å². The molecule has 1 atom stereocenters. The Kier molecular flexibility index (Phi) is 4.93. The Morgan fingerprint density at radius 3 is 2.67 bits per heavy atom. The van der Waals surface area contributed by atoms with Crippen molar-refractivity contribution in [1.29, 1.82) is 0 Å². The molecule has 1 fully saturated rings. The summed E-state index contributed by atoms with van der Waals surface area (Å²) in [6, 6.07) is 0. The van der Waals surface area contributed by atoms with Crippen LogP contribution in [0.3, 0.4) is 0 Å². The smallest absolute Gasteiger partial charge is 0.0389 e. The third kappa shape index (κ3) is 3.40. The average Bonchev–Trinajstić information content (AvgIpc) is 2.68. The number of likely N-dealkylation sites (N-methyl/N-ethyl adjacent to an activating group) is 1. The van der Waals surface area contributed by atoms with Crippen molar-refractivity contribution < 1.29 is 0 Å². The summed E-state index contributed by atoms with van der Waals surface area (Å²) < 4.78 is 0. The fourth-order valence-corrected chi connectivity index (χ4v) is 1.96. The molecule has 0 aliphatic carbocycles. The monoisotopic (exact) mass is 207 g/mol. The second-order valence-electron chi connectivity index (χ2n) is 4.58. The molecule has 0 aromatic rings. The van der Waals surface area contributed by atoms with Crippen molar-refractivity contribution in [3.05, 3.63) is 23.4 Å². The normalized spacial score (nSPS) is 24.1. The molecule has 0 amide bonds. The van der Waals surface area contributed by atoms with Crippen molar-refractivity contribution in [2.45, 2.75) is 47.0 Å². The van der Waals surface area contributed by atoms with E-state index in [1.165, 1.54) is 19.3 Å². The highest BCUT2D eigenvalue weighted by Gasteiger charge is 2.18. The standard InChI is InChI=1S/C14H25N/c1-5-12(4)8-9-14-10-13(6-2)11-15(14)7-3/h6,9,12H,5,7-8,10-11H2,1-4H3/b13-6+,14-9+. The highest BCUT2D eigenvalue weighted by molar-refractivity contribution is 5.23. The van der Waals surface area contributed by atoms with Crippen LogP contribution in [0, 0.1) is 5.92 Å². The molecular formula is C14H25N. The minimum absolute atomic E-state index is 0.825. The third-order valence-corrected chi connectivity index (χ3v) is 3.45. The molecule has 0 aromatic carbocycles. The van der Waals surface area contributed by atoms with E-state index in [2.05, 4.69) is 44.7 Å². The number of nitrogens with zero attached hydrogens (tertiary/aromatic N) is 1. The number of hydrogen-bond acceptors (Lipinski definition) is 1. The van der Waals surface area contributed by atoms with Gasteiger partial charge in [-0.3, -0.25) is 0 Å². The molecule has 1 nitrogen and oxygen atoms in total. The summed E-state index contributed by atoms with van der Waals surface area (Å²) in [5.74, 6) is 0.825. The summed E-state index contributed by atoms with van der Waals surface area (Å²) in [6.07, 6.45) is 8.42. The SMILES string of the molecule is C/C=C1\C/C(=C\CC(C)CC)N(CC)C1. The van der Waals surface area contributed by atoms with Crippen LogP contribution in [0.2, 0.25) is 0 Å². The molecule has 0 N–H and O–H groups in total. The lowest BCUT2D eigenvalue weighted by molar-refractivity contribution is 0.422. The second-order valence-corrected chi connectivity index (χ2v) is 4.58. The molecule has 1 heterocycles. The van der Waals surface area contributed by atoms with Crippen molar-refractivity contribution >= 4 is 0 Å². The molecule has 0 spiro atoms. The second kappa shape index (κ2) is 5.99. The van der Waals surface area contributed by atoms with Gasteiger partial charge in [-0.2, -0.15) is 0 Å². The first-order valence-electron chi connectivity index (χ1n) is 6.29. The number of likely N-dealkylation sites (tertiary alicyclic amines) is 1. The molecule has 1 heteroatoms. The molecular weight excluding hydrogens is 182 g/mol. The van der Waals surface area contributed by atoms with E-state index in [0.717, 1.165) is 19.0 Å². The van der Waals surface area contributed by atoms with Gasteiger partial charge in [0.1, 0.15) is 0 Å². The largest absolute Gasteiger partial charge is 0.371 e. The Hall–Kier alpha value is -0.720. The summed E-state index contributed by atoms with van der Waals surface area (Å²) in [7, 11) is 0. The molecule has 1 saturated heterocycles. The molecule has 0 radical (unpaired) electrons. The van der Waals surface area contributed by atoms with E-state index < -0.39 is 0 Å².